The molecule has 4 nitrogen and oxygen atoms in total. The number of nitrogens with two attached hydrogens (primary N) is 1. The predicted octanol–water partition coefficient (Wildman–Crippen LogP) is 2.46. The fourth-order valence-corrected chi connectivity index (χ4v) is 2.75. The van der Waals surface area contributed by atoms with Gasteiger partial charge in [-0.1, -0.05) is 6.07 Å². The molecule has 21 heavy (non-hydrogen) atoms. The quantitative estimate of drug-likeness (QED) is 0.888. The van der Waals surface area contributed by atoms with Crippen molar-refractivity contribution in [1.29, 1.82) is 0 Å². The van der Waals surface area contributed by atoms with Gasteiger partial charge in [-0.3, -0.25) is 9.78 Å². The molecule has 3 N–H and O–H groups in total. The van der Waals surface area contributed by atoms with Gasteiger partial charge >= 0.3 is 0 Å². The summed E-state index contributed by atoms with van der Waals surface area (Å²) >= 11 is 0. The summed E-state index contributed by atoms with van der Waals surface area (Å²) < 4.78 is 0. The molecule has 1 aliphatic rings. The number of amides is 1. The summed E-state index contributed by atoms with van der Waals surface area (Å²) in [4.78, 5) is 16.3. The zero-order valence-corrected chi connectivity index (χ0v) is 12.1. The highest BCUT2D eigenvalue weighted by Gasteiger charge is 2.16. The first-order valence-electron chi connectivity index (χ1n) is 7.23. The Kier molecular flexibility index (Phi) is 3.71. The predicted molar refractivity (Wildman–Crippen MR) is 83.4 cm³/mol. The van der Waals surface area contributed by atoms with Crippen LogP contribution in [0.5, 0.6) is 0 Å². The molecule has 3 rings (SSSR count). The topological polar surface area (TPSA) is 68.0 Å². The molecule has 2 aromatic rings. The summed E-state index contributed by atoms with van der Waals surface area (Å²) in [5.41, 5.74) is 10.9. The molecular formula is C17H19N3O. The number of hydrogen-bond donors (Lipinski definition) is 2. The lowest BCUT2D eigenvalue weighted by Crippen LogP contribution is -2.27. The van der Waals surface area contributed by atoms with E-state index in [1.807, 2.05) is 13.0 Å². The van der Waals surface area contributed by atoms with Crippen LogP contribution in [-0.2, 0) is 12.8 Å². The van der Waals surface area contributed by atoms with Crippen LogP contribution in [0, 0.1) is 6.92 Å². The first-order chi connectivity index (χ1) is 10.1. The smallest absolute Gasteiger partial charge is 0.255 e. The molecule has 0 bridgehead atoms. The summed E-state index contributed by atoms with van der Waals surface area (Å²) in [6.07, 6.45) is 4.56. The molecule has 1 aromatic heterocycles. The van der Waals surface area contributed by atoms with Gasteiger partial charge in [-0.2, -0.15) is 0 Å². The summed E-state index contributed by atoms with van der Waals surface area (Å²) in [5, 5.41) is 2.95. The maximum Gasteiger partial charge on any atom is 0.255 e. The molecule has 1 aromatic carbocycles. The Morgan fingerprint density at radius 3 is 2.95 bits per heavy atom. The second-order valence-corrected chi connectivity index (χ2v) is 5.63. The molecule has 0 fully saturated rings. The molecule has 1 aliphatic carbocycles. The SMILES string of the molecule is Cc1cc(C(=O)Nc2ccc3c(c2)CCC(N)C3)ccn1. The maximum atomic E-state index is 12.2. The van der Waals surface area contributed by atoms with Crippen molar-refractivity contribution < 1.29 is 4.79 Å². The Hall–Kier alpha value is -2.20. The number of carbonyl (C=O) groups excluding carboxylic acids is 1. The van der Waals surface area contributed by atoms with E-state index in [4.69, 9.17) is 5.73 Å². The van der Waals surface area contributed by atoms with Crippen molar-refractivity contribution in [3.8, 4) is 0 Å². The van der Waals surface area contributed by atoms with E-state index >= 15 is 0 Å². The minimum atomic E-state index is -0.104. The van der Waals surface area contributed by atoms with Crippen molar-refractivity contribution in [2.24, 2.45) is 5.73 Å². The number of fused-ring (bicyclic) bond motifs is 1. The van der Waals surface area contributed by atoms with Gasteiger partial charge in [-0.15, -0.1) is 0 Å². The fraction of sp³-hybridized carbons (Fsp3) is 0.294. The van der Waals surface area contributed by atoms with Crippen molar-refractivity contribution >= 4 is 11.6 Å². The number of hydrogen-bond acceptors (Lipinski definition) is 3. The van der Waals surface area contributed by atoms with Crippen molar-refractivity contribution in [3.05, 3.63) is 58.9 Å². The minimum absolute atomic E-state index is 0.104. The van der Waals surface area contributed by atoms with E-state index in [1.54, 1.807) is 18.3 Å². The van der Waals surface area contributed by atoms with Gasteiger partial charge in [-0.25, -0.2) is 0 Å². The Morgan fingerprint density at radius 1 is 1.29 bits per heavy atom. The third kappa shape index (κ3) is 3.11. The molecule has 1 atom stereocenters. The summed E-state index contributed by atoms with van der Waals surface area (Å²) in [7, 11) is 0. The van der Waals surface area contributed by atoms with Crippen LogP contribution >= 0.6 is 0 Å². The van der Waals surface area contributed by atoms with Gasteiger partial charge in [0.05, 0.1) is 0 Å². The van der Waals surface area contributed by atoms with Crippen LogP contribution in [-0.4, -0.2) is 16.9 Å². The molecule has 0 radical (unpaired) electrons. The van der Waals surface area contributed by atoms with E-state index in [0.29, 0.717) is 5.56 Å². The lowest BCUT2D eigenvalue weighted by molar-refractivity contribution is 0.102. The molecule has 1 heterocycles. The minimum Gasteiger partial charge on any atom is -0.327 e. The standard InChI is InChI=1S/C17H19N3O/c1-11-8-14(6-7-19-11)17(21)20-16-5-3-12-9-15(18)4-2-13(12)10-16/h3,5-8,10,15H,2,4,9,18H2,1H3,(H,20,21). The van der Waals surface area contributed by atoms with Crippen LogP contribution in [0.3, 0.4) is 0 Å². The largest absolute Gasteiger partial charge is 0.327 e. The Bertz CT molecular complexity index is 681. The van der Waals surface area contributed by atoms with Gasteiger partial charge in [0.2, 0.25) is 0 Å². The van der Waals surface area contributed by atoms with Crippen LogP contribution in [0.15, 0.2) is 36.5 Å². The summed E-state index contributed by atoms with van der Waals surface area (Å²) in [5.74, 6) is -0.104. The van der Waals surface area contributed by atoms with E-state index in [9.17, 15) is 4.79 Å². The number of aromatic nitrogens is 1. The lowest BCUT2D eigenvalue weighted by Gasteiger charge is -2.22. The number of carbonyl (C=O) groups is 1. The van der Waals surface area contributed by atoms with Crippen LogP contribution in [0.25, 0.3) is 0 Å². The Balaban J connectivity index is 1.78. The maximum absolute atomic E-state index is 12.2. The van der Waals surface area contributed by atoms with Gasteiger partial charge < -0.3 is 11.1 Å². The van der Waals surface area contributed by atoms with Crippen LogP contribution in [0.1, 0.15) is 33.6 Å². The number of pyridine rings is 1. The van der Waals surface area contributed by atoms with Crippen LogP contribution < -0.4 is 11.1 Å². The molecule has 4 heteroatoms. The lowest BCUT2D eigenvalue weighted by atomic mass is 9.88. The highest BCUT2D eigenvalue weighted by Crippen LogP contribution is 2.24. The monoisotopic (exact) mass is 281 g/mol. The normalized spacial score (nSPS) is 17.1. The molecule has 108 valence electrons. The number of nitrogens with zero attached hydrogens (tertiary/aromatic N) is 1. The average molecular weight is 281 g/mol. The van der Waals surface area contributed by atoms with Crippen molar-refractivity contribution in [3.63, 3.8) is 0 Å². The van der Waals surface area contributed by atoms with Crippen molar-refractivity contribution in [2.75, 3.05) is 5.32 Å². The zero-order valence-electron chi connectivity index (χ0n) is 12.1. The van der Waals surface area contributed by atoms with E-state index in [0.717, 1.165) is 30.6 Å². The first-order valence-corrected chi connectivity index (χ1v) is 7.23. The first kappa shape index (κ1) is 13.8. The molecule has 0 saturated heterocycles. The van der Waals surface area contributed by atoms with Gasteiger partial charge in [0.25, 0.3) is 5.91 Å². The van der Waals surface area contributed by atoms with Crippen LogP contribution in [0.2, 0.25) is 0 Å². The second-order valence-electron chi connectivity index (χ2n) is 5.63. The van der Waals surface area contributed by atoms with Crippen molar-refractivity contribution in [2.45, 2.75) is 32.2 Å². The van der Waals surface area contributed by atoms with Gasteiger partial charge in [0.15, 0.2) is 0 Å². The second kappa shape index (κ2) is 5.66. The molecule has 1 unspecified atom stereocenters. The van der Waals surface area contributed by atoms with E-state index in [-0.39, 0.29) is 11.9 Å². The molecule has 1 amide bonds. The summed E-state index contributed by atoms with van der Waals surface area (Å²) in [6, 6.07) is 9.85. The average Bonchev–Trinajstić information content (AvgIpc) is 2.47. The molecular weight excluding hydrogens is 262 g/mol. The zero-order chi connectivity index (χ0) is 14.8. The number of nitrogens with one attached hydrogen (secondary N) is 1. The van der Waals surface area contributed by atoms with E-state index < -0.39 is 0 Å². The third-order valence-electron chi connectivity index (χ3n) is 3.89. The fourth-order valence-electron chi connectivity index (χ4n) is 2.75. The van der Waals surface area contributed by atoms with Crippen LogP contribution in [0.4, 0.5) is 5.69 Å². The molecule has 0 aliphatic heterocycles. The summed E-state index contributed by atoms with van der Waals surface area (Å²) in [6.45, 7) is 1.87. The molecule has 0 spiro atoms. The van der Waals surface area contributed by atoms with Gasteiger partial charge in [0, 0.05) is 29.2 Å². The number of benzene rings is 1. The Morgan fingerprint density at radius 2 is 2.14 bits per heavy atom. The number of rotatable bonds is 2. The number of anilines is 1. The van der Waals surface area contributed by atoms with E-state index in [1.165, 1.54) is 11.1 Å². The van der Waals surface area contributed by atoms with Gasteiger partial charge in [0.1, 0.15) is 0 Å². The molecule has 0 saturated carbocycles. The third-order valence-corrected chi connectivity index (χ3v) is 3.89. The van der Waals surface area contributed by atoms with E-state index in [2.05, 4.69) is 22.4 Å². The number of aryl methyl sites for hydroxylation is 2. The van der Waals surface area contributed by atoms with Crippen molar-refractivity contribution in [1.82, 2.24) is 4.98 Å². The highest BCUT2D eigenvalue weighted by molar-refractivity contribution is 6.04. The Labute approximate surface area is 124 Å². The van der Waals surface area contributed by atoms with Gasteiger partial charge in [-0.05, 0) is 61.6 Å². The highest BCUT2D eigenvalue weighted by atomic mass is 16.1.